The summed E-state index contributed by atoms with van der Waals surface area (Å²) in [5.74, 6) is 3.06. The van der Waals surface area contributed by atoms with Gasteiger partial charge in [-0.2, -0.15) is 0 Å². The Hall–Kier alpha value is -1.25. The minimum absolute atomic E-state index is 0.200. The summed E-state index contributed by atoms with van der Waals surface area (Å²) in [5.41, 5.74) is 0. The third-order valence-electron chi connectivity index (χ3n) is 4.28. The van der Waals surface area contributed by atoms with Gasteiger partial charge in [-0.15, -0.1) is 6.58 Å². The van der Waals surface area contributed by atoms with E-state index in [2.05, 4.69) is 11.5 Å². The molecule has 0 radical (unpaired) electrons. The van der Waals surface area contributed by atoms with E-state index in [1.807, 2.05) is 18.1 Å². The molecule has 5 heteroatoms. The number of halogens is 2. The van der Waals surface area contributed by atoms with Crippen LogP contribution in [0.2, 0.25) is 10.0 Å². The minimum Gasteiger partial charge on any atom is -0.490 e. The smallest absolute Gasteiger partial charge is 0.121 e. The number of nitrogens with zero attached hydrogens (tertiary/aromatic N) is 1. The molecule has 130 valence electrons. The predicted octanol–water partition coefficient (Wildman–Crippen LogP) is 4.81. The molecule has 0 spiro atoms. The molecule has 1 aliphatic heterocycles. The molecule has 0 bridgehead atoms. The van der Waals surface area contributed by atoms with E-state index in [1.54, 1.807) is 18.2 Å². The maximum absolute atomic E-state index is 10.4. The Bertz CT molecular complexity index is 591. The van der Waals surface area contributed by atoms with Crippen LogP contribution in [0.25, 0.3) is 0 Å². The van der Waals surface area contributed by atoms with Crippen LogP contribution in [0.4, 0.5) is 0 Å². The first-order chi connectivity index (χ1) is 11.6. The molecule has 1 unspecified atom stereocenters. The van der Waals surface area contributed by atoms with Gasteiger partial charge >= 0.3 is 0 Å². The van der Waals surface area contributed by atoms with Crippen molar-refractivity contribution in [2.45, 2.75) is 31.8 Å². The van der Waals surface area contributed by atoms with E-state index in [-0.39, 0.29) is 6.10 Å². The second-order valence-electron chi connectivity index (χ2n) is 6.14. The SMILES string of the molecule is C=CCC(CC=C=O)CN1CCC(Oc2ccc(Cl)c(Cl)c2)CC1. The fourth-order valence-corrected chi connectivity index (χ4v) is 3.30. The van der Waals surface area contributed by atoms with E-state index in [9.17, 15) is 4.79 Å². The summed E-state index contributed by atoms with van der Waals surface area (Å²) < 4.78 is 6.01. The predicted molar refractivity (Wildman–Crippen MR) is 99.7 cm³/mol. The summed E-state index contributed by atoms with van der Waals surface area (Å²) in [6.45, 7) is 6.76. The number of allylic oxidation sites excluding steroid dienone is 2. The van der Waals surface area contributed by atoms with Crippen molar-refractivity contribution in [2.75, 3.05) is 19.6 Å². The molecule has 0 amide bonds. The monoisotopic (exact) mass is 367 g/mol. The number of ether oxygens (including phenoxy) is 1. The Morgan fingerprint density at radius 1 is 1.29 bits per heavy atom. The number of benzene rings is 1. The number of hydrogen-bond donors (Lipinski definition) is 0. The van der Waals surface area contributed by atoms with Gasteiger partial charge < -0.3 is 9.64 Å². The maximum atomic E-state index is 10.4. The van der Waals surface area contributed by atoms with Gasteiger partial charge in [-0.3, -0.25) is 0 Å². The van der Waals surface area contributed by atoms with Gasteiger partial charge in [-0.1, -0.05) is 29.3 Å². The highest BCUT2D eigenvalue weighted by Gasteiger charge is 2.22. The lowest BCUT2D eigenvalue weighted by Gasteiger charge is -2.34. The van der Waals surface area contributed by atoms with Gasteiger partial charge in [-0.05, 0) is 43.7 Å². The molecule has 24 heavy (non-hydrogen) atoms. The van der Waals surface area contributed by atoms with Crippen molar-refractivity contribution in [1.82, 2.24) is 4.90 Å². The van der Waals surface area contributed by atoms with E-state index in [1.165, 1.54) is 0 Å². The molecule has 0 saturated carbocycles. The van der Waals surface area contributed by atoms with Crippen LogP contribution in [0.3, 0.4) is 0 Å². The maximum Gasteiger partial charge on any atom is 0.121 e. The molecular formula is C19H23Cl2NO2. The van der Waals surface area contributed by atoms with E-state index in [0.717, 1.165) is 51.1 Å². The van der Waals surface area contributed by atoms with Crippen molar-refractivity contribution in [3.63, 3.8) is 0 Å². The molecule has 3 nitrogen and oxygen atoms in total. The summed E-state index contributed by atoms with van der Waals surface area (Å²) in [6.07, 6.45) is 7.33. The van der Waals surface area contributed by atoms with Crippen LogP contribution in [0, 0.1) is 5.92 Å². The normalized spacial score (nSPS) is 17.1. The molecule has 0 aliphatic carbocycles. The van der Waals surface area contributed by atoms with Crippen molar-refractivity contribution in [1.29, 1.82) is 0 Å². The summed E-state index contributed by atoms with van der Waals surface area (Å²) in [7, 11) is 0. The van der Waals surface area contributed by atoms with E-state index in [4.69, 9.17) is 27.9 Å². The molecule has 2 rings (SSSR count). The Morgan fingerprint density at radius 3 is 2.67 bits per heavy atom. The lowest BCUT2D eigenvalue weighted by molar-refractivity contribution is 0.0915. The highest BCUT2D eigenvalue weighted by atomic mass is 35.5. The van der Waals surface area contributed by atoms with Gasteiger partial charge in [0.15, 0.2) is 0 Å². The molecular weight excluding hydrogens is 345 g/mol. The Balaban J connectivity index is 1.80. The van der Waals surface area contributed by atoms with Crippen LogP contribution in [0.15, 0.2) is 36.9 Å². The fraction of sp³-hybridized carbons (Fsp3) is 0.474. The van der Waals surface area contributed by atoms with Crippen LogP contribution in [-0.2, 0) is 4.79 Å². The largest absolute Gasteiger partial charge is 0.490 e. The Kier molecular flexibility index (Phi) is 7.87. The van der Waals surface area contributed by atoms with Gasteiger partial charge in [0.2, 0.25) is 0 Å². The van der Waals surface area contributed by atoms with E-state index >= 15 is 0 Å². The average Bonchev–Trinajstić information content (AvgIpc) is 2.58. The minimum atomic E-state index is 0.200. The molecule has 1 heterocycles. The standard InChI is InChI=1S/C19H23Cl2NO2/c1-2-4-15(5-3-12-23)14-22-10-8-16(9-11-22)24-17-6-7-18(20)19(21)13-17/h2-3,6-7,13,15-16H,1,4-5,8-11,14H2. The zero-order valence-electron chi connectivity index (χ0n) is 13.7. The van der Waals surface area contributed by atoms with Gasteiger partial charge in [0.05, 0.1) is 10.0 Å². The quantitative estimate of drug-likeness (QED) is 0.487. The molecule has 1 fully saturated rings. The summed E-state index contributed by atoms with van der Waals surface area (Å²) in [5, 5.41) is 1.05. The van der Waals surface area contributed by atoms with Gasteiger partial charge in [0.1, 0.15) is 17.8 Å². The molecule has 1 aromatic carbocycles. The number of piperidine rings is 1. The van der Waals surface area contributed by atoms with Crippen molar-refractivity contribution in [3.8, 4) is 5.75 Å². The first-order valence-electron chi connectivity index (χ1n) is 8.26. The number of hydrogen-bond acceptors (Lipinski definition) is 3. The van der Waals surface area contributed by atoms with E-state index in [0.29, 0.717) is 16.0 Å². The van der Waals surface area contributed by atoms with Gasteiger partial charge in [-0.25, -0.2) is 4.79 Å². The first-order valence-corrected chi connectivity index (χ1v) is 9.02. The third kappa shape index (κ3) is 5.99. The van der Waals surface area contributed by atoms with Gasteiger partial charge in [0, 0.05) is 31.8 Å². The summed E-state index contributed by atoms with van der Waals surface area (Å²) in [4.78, 5) is 12.8. The van der Waals surface area contributed by atoms with Crippen molar-refractivity contribution >= 4 is 29.1 Å². The zero-order chi connectivity index (χ0) is 17.4. The molecule has 1 aliphatic rings. The fourth-order valence-electron chi connectivity index (χ4n) is 3.01. The topological polar surface area (TPSA) is 29.5 Å². The van der Waals surface area contributed by atoms with Crippen molar-refractivity contribution in [3.05, 3.63) is 47.0 Å². The highest BCUT2D eigenvalue weighted by molar-refractivity contribution is 6.42. The molecule has 0 N–H and O–H groups in total. The molecule has 1 saturated heterocycles. The average molecular weight is 368 g/mol. The van der Waals surface area contributed by atoms with Crippen molar-refractivity contribution < 1.29 is 9.53 Å². The Labute approximate surface area is 153 Å². The lowest BCUT2D eigenvalue weighted by Crippen LogP contribution is -2.40. The highest BCUT2D eigenvalue weighted by Crippen LogP contribution is 2.28. The van der Waals surface area contributed by atoms with Gasteiger partial charge in [0.25, 0.3) is 0 Å². The Morgan fingerprint density at radius 2 is 2.04 bits per heavy atom. The molecule has 1 aromatic rings. The third-order valence-corrected chi connectivity index (χ3v) is 5.02. The van der Waals surface area contributed by atoms with Crippen LogP contribution >= 0.6 is 23.2 Å². The zero-order valence-corrected chi connectivity index (χ0v) is 15.2. The molecule has 1 atom stereocenters. The number of likely N-dealkylation sites (tertiary alicyclic amines) is 1. The number of carbonyl (C=O) groups excluding carboxylic acids is 1. The molecule has 0 aromatic heterocycles. The van der Waals surface area contributed by atoms with Crippen LogP contribution in [-0.4, -0.2) is 36.6 Å². The van der Waals surface area contributed by atoms with Crippen LogP contribution < -0.4 is 4.74 Å². The van der Waals surface area contributed by atoms with Crippen LogP contribution in [0.1, 0.15) is 25.7 Å². The lowest BCUT2D eigenvalue weighted by atomic mass is 9.98. The van der Waals surface area contributed by atoms with Crippen molar-refractivity contribution in [2.24, 2.45) is 5.92 Å². The second-order valence-corrected chi connectivity index (χ2v) is 6.96. The first kappa shape index (κ1) is 19.1. The number of rotatable bonds is 8. The van der Waals surface area contributed by atoms with E-state index < -0.39 is 0 Å². The summed E-state index contributed by atoms with van der Waals surface area (Å²) >= 11 is 11.9. The second kappa shape index (κ2) is 9.90. The summed E-state index contributed by atoms with van der Waals surface area (Å²) in [6, 6.07) is 5.38. The van der Waals surface area contributed by atoms with Crippen LogP contribution in [0.5, 0.6) is 5.75 Å².